The van der Waals surface area contributed by atoms with Gasteiger partial charge >= 0.3 is 0 Å². The van der Waals surface area contributed by atoms with Crippen molar-refractivity contribution < 1.29 is 9.21 Å². The van der Waals surface area contributed by atoms with Gasteiger partial charge in [-0.2, -0.15) is 0 Å². The van der Waals surface area contributed by atoms with Crippen molar-refractivity contribution >= 4 is 16.9 Å². The van der Waals surface area contributed by atoms with Crippen LogP contribution in [0.4, 0.5) is 0 Å². The standard InChI is InChI=1S/C20H19NO2/c22-20(15-10-6-11-15)21-19(14-7-2-1-3-8-14)18-13-16-9-4-5-12-17(16)23-18/h1-5,7-9,12-13,15,19H,6,10-11H2,(H,21,22)/t19-/m1/s1. The summed E-state index contributed by atoms with van der Waals surface area (Å²) < 4.78 is 6.00. The zero-order valence-electron chi connectivity index (χ0n) is 12.9. The van der Waals surface area contributed by atoms with Crippen molar-refractivity contribution in [2.45, 2.75) is 25.3 Å². The second-order valence-corrected chi connectivity index (χ2v) is 6.17. The Morgan fingerprint density at radius 1 is 1.04 bits per heavy atom. The number of hydrogen-bond donors (Lipinski definition) is 1. The lowest BCUT2D eigenvalue weighted by Gasteiger charge is -2.27. The van der Waals surface area contributed by atoms with Crippen LogP contribution >= 0.6 is 0 Å². The van der Waals surface area contributed by atoms with Crippen molar-refractivity contribution in [3.63, 3.8) is 0 Å². The molecule has 1 fully saturated rings. The number of carbonyl (C=O) groups is 1. The number of nitrogens with one attached hydrogen (secondary N) is 1. The van der Waals surface area contributed by atoms with Crippen LogP contribution in [0.15, 0.2) is 65.1 Å². The third kappa shape index (κ3) is 2.74. The monoisotopic (exact) mass is 305 g/mol. The maximum Gasteiger partial charge on any atom is 0.223 e. The first kappa shape index (κ1) is 14.1. The van der Waals surface area contributed by atoms with Crippen LogP contribution in [0.2, 0.25) is 0 Å². The molecule has 0 radical (unpaired) electrons. The number of rotatable bonds is 4. The molecule has 2 aromatic carbocycles. The summed E-state index contributed by atoms with van der Waals surface area (Å²) in [6, 6.07) is 19.7. The number of para-hydroxylation sites is 1. The number of furan rings is 1. The van der Waals surface area contributed by atoms with Gasteiger partial charge in [0, 0.05) is 11.3 Å². The van der Waals surface area contributed by atoms with E-state index in [4.69, 9.17) is 4.42 Å². The second-order valence-electron chi connectivity index (χ2n) is 6.17. The quantitative estimate of drug-likeness (QED) is 0.774. The molecule has 3 heteroatoms. The minimum atomic E-state index is -0.239. The average molecular weight is 305 g/mol. The van der Waals surface area contributed by atoms with E-state index in [-0.39, 0.29) is 17.9 Å². The molecule has 116 valence electrons. The van der Waals surface area contributed by atoms with Crippen molar-refractivity contribution in [3.8, 4) is 0 Å². The van der Waals surface area contributed by atoms with Gasteiger partial charge in [-0.15, -0.1) is 0 Å². The molecule has 0 spiro atoms. The molecule has 0 aliphatic heterocycles. The van der Waals surface area contributed by atoms with Crippen LogP contribution in [0.1, 0.15) is 36.6 Å². The zero-order valence-corrected chi connectivity index (χ0v) is 12.9. The molecule has 1 aromatic heterocycles. The van der Waals surface area contributed by atoms with E-state index in [0.717, 1.165) is 41.6 Å². The smallest absolute Gasteiger partial charge is 0.223 e. The summed E-state index contributed by atoms with van der Waals surface area (Å²) >= 11 is 0. The van der Waals surface area contributed by atoms with E-state index < -0.39 is 0 Å². The molecule has 4 rings (SSSR count). The second kappa shape index (κ2) is 5.92. The predicted molar refractivity (Wildman–Crippen MR) is 90.0 cm³/mol. The van der Waals surface area contributed by atoms with Crippen LogP contribution in [0, 0.1) is 5.92 Å². The number of hydrogen-bond acceptors (Lipinski definition) is 2. The van der Waals surface area contributed by atoms with E-state index in [1.54, 1.807) is 0 Å². The Morgan fingerprint density at radius 2 is 1.78 bits per heavy atom. The van der Waals surface area contributed by atoms with Gasteiger partial charge in [-0.1, -0.05) is 55.0 Å². The molecule has 1 amide bonds. The first-order valence-electron chi connectivity index (χ1n) is 8.15. The summed E-state index contributed by atoms with van der Waals surface area (Å²) in [5.74, 6) is 1.07. The van der Waals surface area contributed by atoms with Crippen molar-refractivity contribution in [1.82, 2.24) is 5.32 Å². The van der Waals surface area contributed by atoms with Gasteiger partial charge in [0.2, 0.25) is 5.91 Å². The maximum atomic E-state index is 12.4. The zero-order chi connectivity index (χ0) is 15.6. The highest BCUT2D eigenvalue weighted by molar-refractivity contribution is 5.81. The Kier molecular flexibility index (Phi) is 3.62. The number of fused-ring (bicyclic) bond motifs is 1. The van der Waals surface area contributed by atoms with Crippen molar-refractivity contribution in [2.24, 2.45) is 5.92 Å². The van der Waals surface area contributed by atoms with Gasteiger partial charge < -0.3 is 9.73 Å². The van der Waals surface area contributed by atoms with Crippen molar-refractivity contribution in [2.75, 3.05) is 0 Å². The van der Waals surface area contributed by atoms with Crippen molar-refractivity contribution in [3.05, 3.63) is 72.0 Å². The Morgan fingerprint density at radius 3 is 2.48 bits per heavy atom. The Balaban J connectivity index is 1.70. The number of benzene rings is 2. The predicted octanol–water partition coefficient (Wildman–Crippen LogP) is 4.44. The summed E-state index contributed by atoms with van der Waals surface area (Å²) in [4.78, 5) is 12.4. The number of carbonyl (C=O) groups excluding carboxylic acids is 1. The fourth-order valence-electron chi connectivity index (χ4n) is 3.04. The minimum absolute atomic E-state index is 0.130. The van der Waals surface area contributed by atoms with Crippen LogP contribution in [0.5, 0.6) is 0 Å². The average Bonchev–Trinajstić information content (AvgIpc) is 2.95. The molecule has 3 aromatic rings. The highest BCUT2D eigenvalue weighted by Crippen LogP contribution is 2.31. The van der Waals surface area contributed by atoms with Gasteiger partial charge in [-0.05, 0) is 30.5 Å². The summed E-state index contributed by atoms with van der Waals surface area (Å²) in [6.45, 7) is 0. The van der Waals surface area contributed by atoms with Crippen LogP contribution in [-0.2, 0) is 4.79 Å². The first-order valence-corrected chi connectivity index (χ1v) is 8.15. The molecule has 1 saturated carbocycles. The summed E-state index contributed by atoms with van der Waals surface area (Å²) in [6.07, 6.45) is 3.14. The van der Waals surface area contributed by atoms with Crippen LogP contribution in [-0.4, -0.2) is 5.91 Å². The molecule has 3 nitrogen and oxygen atoms in total. The summed E-state index contributed by atoms with van der Waals surface area (Å²) in [7, 11) is 0. The van der Waals surface area contributed by atoms with Gasteiger partial charge in [0.25, 0.3) is 0 Å². The van der Waals surface area contributed by atoms with Gasteiger partial charge in [-0.25, -0.2) is 0 Å². The van der Waals surface area contributed by atoms with Gasteiger partial charge in [0.05, 0.1) is 0 Å². The third-order valence-electron chi connectivity index (χ3n) is 4.62. The normalized spacial score (nSPS) is 16.0. The van der Waals surface area contributed by atoms with Gasteiger partial charge in [0.1, 0.15) is 17.4 Å². The number of amides is 1. The molecular weight excluding hydrogens is 286 g/mol. The first-order chi connectivity index (χ1) is 11.3. The van der Waals surface area contributed by atoms with E-state index in [1.165, 1.54) is 0 Å². The van der Waals surface area contributed by atoms with E-state index in [2.05, 4.69) is 5.32 Å². The third-order valence-corrected chi connectivity index (χ3v) is 4.62. The molecule has 1 aliphatic carbocycles. The Bertz CT molecular complexity index is 785. The Hall–Kier alpha value is -2.55. The Labute approximate surface area is 135 Å². The molecule has 1 heterocycles. The van der Waals surface area contributed by atoms with Gasteiger partial charge in [0.15, 0.2) is 0 Å². The largest absolute Gasteiger partial charge is 0.459 e. The fraction of sp³-hybridized carbons (Fsp3) is 0.250. The van der Waals surface area contributed by atoms with E-state index in [1.807, 2.05) is 60.7 Å². The summed E-state index contributed by atoms with van der Waals surface area (Å²) in [5.41, 5.74) is 1.89. The molecule has 0 unspecified atom stereocenters. The highest BCUT2D eigenvalue weighted by atomic mass is 16.3. The fourth-order valence-corrected chi connectivity index (χ4v) is 3.04. The highest BCUT2D eigenvalue weighted by Gasteiger charge is 2.29. The van der Waals surface area contributed by atoms with Gasteiger partial charge in [-0.3, -0.25) is 4.79 Å². The van der Waals surface area contributed by atoms with E-state index in [9.17, 15) is 4.79 Å². The molecule has 1 aliphatic rings. The summed E-state index contributed by atoms with van der Waals surface area (Å²) in [5, 5.41) is 4.24. The van der Waals surface area contributed by atoms with E-state index >= 15 is 0 Å². The minimum Gasteiger partial charge on any atom is -0.459 e. The van der Waals surface area contributed by atoms with Crippen LogP contribution < -0.4 is 5.32 Å². The molecular formula is C20H19NO2. The molecule has 1 N–H and O–H groups in total. The van der Waals surface area contributed by atoms with Crippen molar-refractivity contribution in [1.29, 1.82) is 0 Å². The maximum absolute atomic E-state index is 12.4. The van der Waals surface area contributed by atoms with E-state index in [0.29, 0.717) is 0 Å². The lowest BCUT2D eigenvalue weighted by Crippen LogP contribution is -2.37. The molecule has 0 bridgehead atoms. The lowest BCUT2D eigenvalue weighted by atomic mass is 9.84. The lowest BCUT2D eigenvalue weighted by molar-refractivity contribution is -0.128. The topological polar surface area (TPSA) is 42.2 Å². The van der Waals surface area contributed by atoms with Crippen LogP contribution in [0.3, 0.4) is 0 Å². The van der Waals surface area contributed by atoms with Crippen LogP contribution in [0.25, 0.3) is 11.0 Å². The molecule has 0 saturated heterocycles. The molecule has 23 heavy (non-hydrogen) atoms. The SMILES string of the molecule is O=C(N[C@H](c1ccccc1)c1cc2ccccc2o1)C1CCC1. The molecule has 1 atom stereocenters.